The second-order valence-corrected chi connectivity index (χ2v) is 6.84. The first-order chi connectivity index (χ1) is 8.55. The van der Waals surface area contributed by atoms with Gasteiger partial charge >= 0.3 is 0 Å². The van der Waals surface area contributed by atoms with Crippen LogP contribution in [0.4, 0.5) is 0 Å². The summed E-state index contributed by atoms with van der Waals surface area (Å²) >= 11 is 0. The van der Waals surface area contributed by atoms with Gasteiger partial charge in [-0.15, -0.1) is 0 Å². The maximum Gasteiger partial charge on any atom is 0.182 e. The highest BCUT2D eigenvalue weighted by molar-refractivity contribution is 7.92. The van der Waals surface area contributed by atoms with Gasteiger partial charge in [-0.3, -0.25) is 0 Å². The molecule has 0 bridgehead atoms. The van der Waals surface area contributed by atoms with E-state index in [1.165, 1.54) is 0 Å². The molecule has 0 amide bonds. The molecule has 100 valence electrons. The lowest BCUT2D eigenvalue weighted by molar-refractivity contribution is 0.414. The summed E-state index contributed by atoms with van der Waals surface area (Å²) in [5.74, 6) is 0.688. The van der Waals surface area contributed by atoms with Gasteiger partial charge in [-0.1, -0.05) is 0 Å². The lowest BCUT2D eigenvalue weighted by Gasteiger charge is -2.23. The van der Waals surface area contributed by atoms with Crippen LogP contribution in [0.5, 0.6) is 5.75 Å². The van der Waals surface area contributed by atoms with Gasteiger partial charge in [0.15, 0.2) is 9.84 Å². The monoisotopic (exact) mass is 269 g/mol. The normalized spacial score (nSPS) is 20.7. The Balaban J connectivity index is 2.34. The number of methoxy groups -OCH3 is 1. The third-order valence-electron chi connectivity index (χ3n) is 3.38. The summed E-state index contributed by atoms with van der Waals surface area (Å²) in [6.45, 7) is 3.27. The van der Waals surface area contributed by atoms with Gasteiger partial charge in [-0.05, 0) is 50.1 Å². The van der Waals surface area contributed by atoms with Crippen LogP contribution < -0.4 is 10.1 Å². The first kappa shape index (κ1) is 13.4. The van der Waals surface area contributed by atoms with Crippen molar-refractivity contribution in [3.8, 4) is 5.75 Å². The van der Waals surface area contributed by atoms with Crippen molar-refractivity contribution in [1.82, 2.24) is 5.32 Å². The van der Waals surface area contributed by atoms with Crippen molar-refractivity contribution < 1.29 is 13.2 Å². The minimum Gasteiger partial charge on any atom is -0.497 e. The maximum absolute atomic E-state index is 12.5. The molecule has 1 aromatic carbocycles. The van der Waals surface area contributed by atoms with Gasteiger partial charge in [0.2, 0.25) is 0 Å². The summed E-state index contributed by atoms with van der Waals surface area (Å²) in [6, 6.07) is 5.12. The molecule has 0 aliphatic carbocycles. The molecule has 0 radical (unpaired) electrons. The standard InChI is InChI=1S/C13H19NO3S/c1-10-8-11(17-2)5-6-13(10)18(15,16)12-4-3-7-14-9-12/h5-6,8,12,14H,3-4,7,9H2,1-2H3. The zero-order valence-electron chi connectivity index (χ0n) is 10.8. The summed E-state index contributed by atoms with van der Waals surface area (Å²) in [6.07, 6.45) is 1.65. The van der Waals surface area contributed by atoms with E-state index in [0.717, 1.165) is 24.9 Å². The Morgan fingerprint density at radius 2 is 2.17 bits per heavy atom. The van der Waals surface area contributed by atoms with E-state index in [9.17, 15) is 8.42 Å². The minimum absolute atomic E-state index is 0.307. The highest BCUT2D eigenvalue weighted by Gasteiger charge is 2.29. The zero-order valence-corrected chi connectivity index (χ0v) is 11.6. The molecule has 0 spiro atoms. The fourth-order valence-corrected chi connectivity index (χ4v) is 4.27. The van der Waals surface area contributed by atoms with Crippen molar-refractivity contribution in [3.05, 3.63) is 23.8 Å². The fourth-order valence-electron chi connectivity index (χ4n) is 2.33. The van der Waals surface area contributed by atoms with Crippen LogP contribution in [-0.4, -0.2) is 33.9 Å². The van der Waals surface area contributed by atoms with Gasteiger partial charge < -0.3 is 10.1 Å². The van der Waals surface area contributed by atoms with Gasteiger partial charge in [0.05, 0.1) is 17.3 Å². The van der Waals surface area contributed by atoms with Gasteiger partial charge in [-0.25, -0.2) is 8.42 Å². The zero-order chi connectivity index (χ0) is 13.2. The molecule has 4 nitrogen and oxygen atoms in total. The summed E-state index contributed by atoms with van der Waals surface area (Å²) in [5.41, 5.74) is 0.750. The lowest BCUT2D eigenvalue weighted by Crippen LogP contribution is -2.38. The summed E-state index contributed by atoms with van der Waals surface area (Å²) in [5, 5.41) is 2.84. The number of nitrogens with one attached hydrogen (secondary N) is 1. The van der Waals surface area contributed by atoms with Crippen LogP contribution in [0.2, 0.25) is 0 Å². The van der Waals surface area contributed by atoms with Crippen molar-refractivity contribution >= 4 is 9.84 Å². The summed E-state index contributed by atoms with van der Waals surface area (Å²) < 4.78 is 30.2. The molecule has 2 rings (SSSR count). The van der Waals surface area contributed by atoms with E-state index in [4.69, 9.17) is 4.74 Å². The molecule has 0 saturated carbocycles. The molecule has 1 fully saturated rings. The molecule has 0 aromatic heterocycles. The Hall–Kier alpha value is -1.07. The molecule has 5 heteroatoms. The van der Waals surface area contributed by atoms with Crippen molar-refractivity contribution in [3.63, 3.8) is 0 Å². The van der Waals surface area contributed by atoms with E-state index >= 15 is 0 Å². The van der Waals surface area contributed by atoms with Crippen LogP contribution in [-0.2, 0) is 9.84 Å². The molecule has 1 aromatic rings. The van der Waals surface area contributed by atoms with Gasteiger partial charge in [0.25, 0.3) is 0 Å². The topological polar surface area (TPSA) is 55.4 Å². The Morgan fingerprint density at radius 3 is 2.72 bits per heavy atom. The average Bonchev–Trinajstić information content (AvgIpc) is 2.39. The molecule has 1 unspecified atom stereocenters. The van der Waals surface area contributed by atoms with E-state index in [0.29, 0.717) is 17.2 Å². The molecule has 1 heterocycles. The van der Waals surface area contributed by atoms with Crippen LogP contribution >= 0.6 is 0 Å². The SMILES string of the molecule is COc1ccc(S(=O)(=O)C2CCCNC2)c(C)c1. The molecule has 1 N–H and O–H groups in total. The third kappa shape index (κ3) is 2.52. The summed E-state index contributed by atoms with van der Waals surface area (Å²) in [4.78, 5) is 0.428. The third-order valence-corrected chi connectivity index (χ3v) is 5.73. The van der Waals surface area contributed by atoms with E-state index < -0.39 is 9.84 Å². The number of benzene rings is 1. The van der Waals surface area contributed by atoms with E-state index in [-0.39, 0.29) is 5.25 Å². The smallest absolute Gasteiger partial charge is 0.182 e. The quantitative estimate of drug-likeness (QED) is 0.904. The number of aryl methyl sites for hydroxylation is 1. The summed E-state index contributed by atoms with van der Waals surface area (Å²) in [7, 11) is -1.66. The number of piperidine rings is 1. The Labute approximate surface area is 108 Å². The first-order valence-electron chi connectivity index (χ1n) is 6.15. The van der Waals surface area contributed by atoms with Crippen LogP contribution in [0.3, 0.4) is 0 Å². The number of sulfone groups is 1. The van der Waals surface area contributed by atoms with Crippen molar-refractivity contribution in [2.45, 2.75) is 29.9 Å². The molecule has 18 heavy (non-hydrogen) atoms. The minimum atomic E-state index is -3.24. The van der Waals surface area contributed by atoms with Crippen LogP contribution in [0, 0.1) is 6.92 Å². The number of rotatable bonds is 3. The number of hydrogen-bond donors (Lipinski definition) is 1. The lowest BCUT2D eigenvalue weighted by atomic mass is 10.2. The number of ether oxygens (including phenoxy) is 1. The van der Waals surface area contributed by atoms with Gasteiger partial charge in [-0.2, -0.15) is 0 Å². The Bertz CT molecular complexity index is 519. The first-order valence-corrected chi connectivity index (χ1v) is 7.69. The van der Waals surface area contributed by atoms with Crippen molar-refractivity contribution in [2.24, 2.45) is 0 Å². The highest BCUT2D eigenvalue weighted by atomic mass is 32.2. The highest BCUT2D eigenvalue weighted by Crippen LogP contribution is 2.26. The fraction of sp³-hybridized carbons (Fsp3) is 0.538. The van der Waals surface area contributed by atoms with Crippen LogP contribution in [0.1, 0.15) is 18.4 Å². The molecule has 1 aliphatic heterocycles. The largest absolute Gasteiger partial charge is 0.497 e. The predicted octanol–water partition coefficient (Wildman–Crippen LogP) is 1.53. The van der Waals surface area contributed by atoms with Crippen molar-refractivity contribution in [2.75, 3.05) is 20.2 Å². The molecule has 1 aliphatic rings. The van der Waals surface area contributed by atoms with Crippen LogP contribution in [0.25, 0.3) is 0 Å². The van der Waals surface area contributed by atoms with Gasteiger partial charge in [0, 0.05) is 6.54 Å². The second-order valence-electron chi connectivity index (χ2n) is 4.64. The van der Waals surface area contributed by atoms with Gasteiger partial charge in [0.1, 0.15) is 5.75 Å². The molecule has 1 atom stereocenters. The maximum atomic E-state index is 12.5. The van der Waals surface area contributed by atoms with E-state index in [1.54, 1.807) is 25.3 Å². The van der Waals surface area contributed by atoms with Crippen LogP contribution in [0.15, 0.2) is 23.1 Å². The predicted molar refractivity (Wildman–Crippen MR) is 70.8 cm³/mol. The molecule has 1 saturated heterocycles. The van der Waals surface area contributed by atoms with E-state index in [1.807, 2.05) is 6.92 Å². The Morgan fingerprint density at radius 1 is 1.39 bits per heavy atom. The second kappa shape index (κ2) is 5.28. The van der Waals surface area contributed by atoms with Crippen molar-refractivity contribution in [1.29, 1.82) is 0 Å². The number of hydrogen-bond acceptors (Lipinski definition) is 4. The average molecular weight is 269 g/mol. The molecular weight excluding hydrogens is 250 g/mol. The Kier molecular flexibility index (Phi) is 3.92. The van der Waals surface area contributed by atoms with E-state index in [2.05, 4.69) is 5.32 Å². The molecular formula is C13H19NO3S.